The van der Waals surface area contributed by atoms with Gasteiger partial charge >= 0.3 is 13.6 Å². The Morgan fingerprint density at radius 3 is 1.91 bits per heavy atom. The summed E-state index contributed by atoms with van der Waals surface area (Å²) in [5.41, 5.74) is 0. The van der Waals surface area contributed by atoms with Crippen LogP contribution in [0, 0.1) is 0 Å². The maximum atomic E-state index is 12.0. The second kappa shape index (κ2) is 22.3. The van der Waals surface area contributed by atoms with Crippen LogP contribution in [0.4, 0.5) is 0 Å². The zero-order valence-corrected chi connectivity index (χ0v) is 21.8. The molecule has 0 aromatic heterocycles. The fraction of sp³-hybridized carbons (Fsp3) is 0.958. The van der Waals surface area contributed by atoms with E-state index < -0.39 is 13.7 Å². The molecule has 0 spiro atoms. The van der Waals surface area contributed by atoms with E-state index in [-0.39, 0.29) is 31.8 Å². The normalized spacial score (nSPS) is 14.2. The zero-order valence-electron chi connectivity index (χ0n) is 20.9. The number of hydrogen-bond acceptors (Lipinski definition) is 6. The number of carbonyl (C=O) groups is 1. The monoisotopic (exact) mass is 479 g/mol. The second-order valence-electron chi connectivity index (χ2n) is 8.54. The average molecular weight is 480 g/mol. The van der Waals surface area contributed by atoms with Crippen molar-refractivity contribution in [2.45, 2.75) is 110 Å². The molecule has 0 aliphatic rings. The Morgan fingerprint density at radius 2 is 1.41 bits per heavy atom. The molecule has 0 aliphatic carbocycles. The SMILES string of the molecule is CCCCCCCCCCCCCCCOCC(COP(=O)(O)CCNC)OC(=O)CC. The van der Waals surface area contributed by atoms with Gasteiger partial charge < -0.3 is 24.2 Å². The zero-order chi connectivity index (χ0) is 23.9. The van der Waals surface area contributed by atoms with Crippen LogP contribution in [0.2, 0.25) is 0 Å². The van der Waals surface area contributed by atoms with E-state index in [1.165, 1.54) is 70.6 Å². The molecule has 0 rings (SSSR count). The van der Waals surface area contributed by atoms with Gasteiger partial charge in [0.15, 0.2) is 0 Å². The van der Waals surface area contributed by atoms with Crippen LogP contribution in [0.25, 0.3) is 0 Å². The molecule has 0 bridgehead atoms. The van der Waals surface area contributed by atoms with Gasteiger partial charge in [-0.05, 0) is 13.5 Å². The highest BCUT2D eigenvalue weighted by atomic mass is 31.2. The van der Waals surface area contributed by atoms with Gasteiger partial charge in [0, 0.05) is 19.6 Å². The molecule has 0 aromatic rings. The van der Waals surface area contributed by atoms with Crippen molar-refractivity contribution in [2.24, 2.45) is 0 Å². The summed E-state index contributed by atoms with van der Waals surface area (Å²) in [4.78, 5) is 21.4. The lowest BCUT2D eigenvalue weighted by molar-refractivity contribution is -0.153. The van der Waals surface area contributed by atoms with Crippen molar-refractivity contribution in [3.05, 3.63) is 0 Å². The van der Waals surface area contributed by atoms with Crippen LogP contribution in [0.3, 0.4) is 0 Å². The van der Waals surface area contributed by atoms with Crippen LogP contribution < -0.4 is 5.32 Å². The molecule has 0 aliphatic heterocycles. The Bertz CT molecular complexity index is 477. The highest BCUT2D eigenvalue weighted by Gasteiger charge is 2.23. The van der Waals surface area contributed by atoms with Gasteiger partial charge in [0.2, 0.25) is 0 Å². The minimum absolute atomic E-state index is 0.0117. The Hall–Kier alpha value is -0.460. The Balaban J connectivity index is 3.76. The summed E-state index contributed by atoms with van der Waals surface area (Å²) in [5.74, 6) is -0.369. The fourth-order valence-corrected chi connectivity index (χ4v) is 4.37. The lowest BCUT2D eigenvalue weighted by atomic mass is 10.0. The summed E-state index contributed by atoms with van der Waals surface area (Å²) < 4.78 is 28.0. The molecular weight excluding hydrogens is 429 g/mol. The molecule has 0 saturated carbocycles. The first kappa shape index (κ1) is 31.5. The third-order valence-corrected chi connectivity index (χ3v) is 6.73. The Labute approximate surface area is 196 Å². The molecule has 0 aromatic carbocycles. The Morgan fingerprint density at radius 1 is 0.875 bits per heavy atom. The van der Waals surface area contributed by atoms with Gasteiger partial charge in [0.1, 0.15) is 6.10 Å². The van der Waals surface area contributed by atoms with E-state index in [0.29, 0.717) is 13.2 Å². The van der Waals surface area contributed by atoms with Crippen molar-refractivity contribution in [3.63, 3.8) is 0 Å². The molecule has 2 N–H and O–H groups in total. The topological polar surface area (TPSA) is 94.1 Å². The quantitative estimate of drug-likeness (QED) is 0.102. The standard InChI is InChI=1S/C24H50NO6P/c1-4-6-7-8-9-10-11-12-13-14-15-16-17-19-29-21-23(31-24(26)5-2)22-30-32(27,28)20-18-25-3/h23,25H,4-22H2,1-3H3,(H,27,28). The van der Waals surface area contributed by atoms with E-state index in [1.54, 1.807) is 14.0 Å². The minimum Gasteiger partial charge on any atom is -0.457 e. The number of carbonyl (C=O) groups excluding carboxylic acids is 1. The molecule has 32 heavy (non-hydrogen) atoms. The van der Waals surface area contributed by atoms with Crippen LogP contribution in [0.5, 0.6) is 0 Å². The predicted molar refractivity (Wildman–Crippen MR) is 131 cm³/mol. The summed E-state index contributed by atoms with van der Waals surface area (Å²) in [7, 11) is -1.99. The highest BCUT2D eigenvalue weighted by molar-refractivity contribution is 7.52. The van der Waals surface area contributed by atoms with Gasteiger partial charge in [0.25, 0.3) is 0 Å². The van der Waals surface area contributed by atoms with E-state index in [9.17, 15) is 14.3 Å². The van der Waals surface area contributed by atoms with E-state index in [2.05, 4.69) is 12.2 Å². The largest absolute Gasteiger partial charge is 0.457 e. The van der Waals surface area contributed by atoms with E-state index in [0.717, 1.165) is 12.8 Å². The lowest BCUT2D eigenvalue weighted by Gasteiger charge is -2.20. The number of unbranched alkanes of at least 4 members (excludes halogenated alkanes) is 12. The maximum absolute atomic E-state index is 12.0. The van der Waals surface area contributed by atoms with Crippen LogP contribution in [-0.2, 0) is 23.4 Å². The minimum atomic E-state index is -3.70. The van der Waals surface area contributed by atoms with Gasteiger partial charge in [-0.3, -0.25) is 9.36 Å². The maximum Gasteiger partial charge on any atom is 0.329 e. The molecule has 0 heterocycles. The van der Waals surface area contributed by atoms with Gasteiger partial charge in [0.05, 0.1) is 19.4 Å². The number of ether oxygens (including phenoxy) is 2. The average Bonchev–Trinajstić information content (AvgIpc) is 2.78. The number of hydrogen-bond donors (Lipinski definition) is 2. The summed E-state index contributed by atoms with van der Waals surface area (Å²) in [6.07, 6.45) is 16.5. The second-order valence-corrected chi connectivity index (χ2v) is 10.5. The summed E-state index contributed by atoms with van der Waals surface area (Å²) >= 11 is 0. The number of rotatable bonds is 24. The first-order chi connectivity index (χ1) is 15.4. The summed E-state index contributed by atoms with van der Waals surface area (Å²) in [6, 6.07) is 0. The lowest BCUT2D eigenvalue weighted by Crippen LogP contribution is -2.28. The van der Waals surface area contributed by atoms with Crippen molar-refractivity contribution in [1.29, 1.82) is 0 Å². The molecule has 0 amide bonds. The number of nitrogens with one attached hydrogen (secondary N) is 1. The van der Waals surface area contributed by atoms with Crippen molar-refractivity contribution in [3.8, 4) is 0 Å². The molecule has 2 atom stereocenters. The Kier molecular flexibility index (Phi) is 22.0. The van der Waals surface area contributed by atoms with Crippen LogP contribution in [0.1, 0.15) is 104 Å². The molecular formula is C24H50NO6P. The first-order valence-corrected chi connectivity index (χ1v) is 14.6. The van der Waals surface area contributed by atoms with Crippen LogP contribution in [0.15, 0.2) is 0 Å². The number of esters is 1. The van der Waals surface area contributed by atoms with E-state index in [1.807, 2.05) is 0 Å². The predicted octanol–water partition coefficient (Wildman–Crippen LogP) is 5.84. The van der Waals surface area contributed by atoms with Crippen molar-refractivity contribution >= 4 is 13.6 Å². The molecule has 0 radical (unpaired) electrons. The summed E-state index contributed by atoms with van der Waals surface area (Å²) in [5, 5.41) is 2.81. The molecule has 2 unspecified atom stereocenters. The van der Waals surface area contributed by atoms with E-state index in [4.69, 9.17) is 14.0 Å². The van der Waals surface area contributed by atoms with E-state index >= 15 is 0 Å². The fourth-order valence-electron chi connectivity index (χ4n) is 3.34. The molecule has 192 valence electrons. The molecule has 0 saturated heterocycles. The third kappa shape index (κ3) is 21.4. The third-order valence-electron chi connectivity index (χ3n) is 5.39. The summed E-state index contributed by atoms with van der Waals surface area (Å²) in [6.45, 7) is 4.97. The highest BCUT2D eigenvalue weighted by Crippen LogP contribution is 2.41. The van der Waals surface area contributed by atoms with Gasteiger partial charge in [-0.15, -0.1) is 0 Å². The van der Waals surface area contributed by atoms with Gasteiger partial charge in [-0.2, -0.15) is 0 Å². The van der Waals surface area contributed by atoms with Crippen LogP contribution >= 0.6 is 7.60 Å². The molecule has 7 nitrogen and oxygen atoms in total. The molecule has 0 fully saturated rings. The van der Waals surface area contributed by atoms with Crippen molar-refractivity contribution in [2.75, 3.05) is 39.6 Å². The van der Waals surface area contributed by atoms with Crippen LogP contribution in [-0.4, -0.2) is 56.5 Å². The van der Waals surface area contributed by atoms with Gasteiger partial charge in [-0.25, -0.2) is 0 Å². The smallest absolute Gasteiger partial charge is 0.329 e. The van der Waals surface area contributed by atoms with Crippen molar-refractivity contribution in [1.82, 2.24) is 5.32 Å². The first-order valence-electron chi connectivity index (χ1n) is 12.8. The molecule has 8 heteroatoms. The van der Waals surface area contributed by atoms with Gasteiger partial charge in [-0.1, -0.05) is 90.9 Å². The van der Waals surface area contributed by atoms with Crippen molar-refractivity contribution < 1.29 is 28.3 Å².